The maximum absolute atomic E-state index is 13.4. The second kappa shape index (κ2) is 11.6. The van der Waals surface area contributed by atoms with Gasteiger partial charge in [0.25, 0.3) is 0 Å². The molecule has 0 bridgehead atoms. The summed E-state index contributed by atoms with van der Waals surface area (Å²) < 4.78 is 45.7. The zero-order valence-electron chi connectivity index (χ0n) is 18.6. The SMILES string of the molecule is CCN(CC1CCCC1)c1ccc(C(F)(F)F)cc1CNc1ncc(OCCSC)cn1. The summed E-state index contributed by atoms with van der Waals surface area (Å²) in [6.07, 6.45) is 5.59. The largest absolute Gasteiger partial charge is 0.489 e. The molecule has 0 amide bonds. The van der Waals surface area contributed by atoms with Crippen LogP contribution >= 0.6 is 11.8 Å². The quantitative estimate of drug-likeness (QED) is 0.417. The molecule has 32 heavy (non-hydrogen) atoms. The molecule has 0 atom stereocenters. The molecule has 176 valence electrons. The number of anilines is 2. The Morgan fingerprint density at radius 3 is 2.53 bits per heavy atom. The van der Waals surface area contributed by atoms with Crippen LogP contribution in [0.2, 0.25) is 0 Å². The van der Waals surface area contributed by atoms with Crippen LogP contribution in [0.15, 0.2) is 30.6 Å². The van der Waals surface area contributed by atoms with Gasteiger partial charge in [-0.1, -0.05) is 12.8 Å². The molecule has 0 spiro atoms. The van der Waals surface area contributed by atoms with Gasteiger partial charge in [-0.2, -0.15) is 24.9 Å². The molecule has 5 nitrogen and oxygen atoms in total. The van der Waals surface area contributed by atoms with Crippen LogP contribution in [0.25, 0.3) is 0 Å². The standard InChI is InChI=1S/C23H31F3N4OS/c1-3-30(16-17-6-4-5-7-17)21-9-8-19(23(24,25)26)12-18(21)13-27-22-28-14-20(15-29-22)31-10-11-32-2/h8-9,12,14-15,17H,3-7,10-11,13,16H2,1-2H3,(H,27,28,29). The lowest BCUT2D eigenvalue weighted by Gasteiger charge is -2.29. The molecule has 0 unspecified atom stereocenters. The zero-order chi connectivity index (χ0) is 23.0. The number of nitrogens with one attached hydrogen (secondary N) is 1. The van der Waals surface area contributed by atoms with Crippen LogP contribution in [-0.2, 0) is 12.7 Å². The lowest BCUT2D eigenvalue weighted by molar-refractivity contribution is -0.137. The highest BCUT2D eigenvalue weighted by atomic mass is 32.2. The molecular formula is C23H31F3N4OS. The minimum Gasteiger partial charge on any atom is -0.489 e. The molecule has 1 heterocycles. The number of nitrogens with zero attached hydrogens (tertiary/aromatic N) is 3. The molecule has 1 aromatic carbocycles. The second-order valence-corrected chi connectivity index (χ2v) is 8.95. The van der Waals surface area contributed by atoms with Gasteiger partial charge in [0.2, 0.25) is 5.95 Å². The average Bonchev–Trinajstić information content (AvgIpc) is 3.30. The van der Waals surface area contributed by atoms with E-state index in [1.807, 2.05) is 13.2 Å². The third kappa shape index (κ3) is 6.92. The van der Waals surface area contributed by atoms with Crippen molar-refractivity contribution in [1.82, 2.24) is 9.97 Å². The number of aromatic nitrogens is 2. The van der Waals surface area contributed by atoms with E-state index in [0.29, 0.717) is 29.8 Å². The van der Waals surface area contributed by atoms with Gasteiger partial charge in [-0.15, -0.1) is 0 Å². The highest BCUT2D eigenvalue weighted by Crippen LogP contribution is 2.34. The van der Waals surface area contributed by atoms with E-state index in [1.165, 1.54) is 37.8 Å². The van der Waals surface area contributed by atoms with E-state index in [-0.39, 0.29) is 6.54 Å². The van der Waals surface area contributed by atoms with E-state index in [2.05, 4.69) is 20.2 Å². The summed E-state index contributed by atoms with van der Waals surface area (Å²) in [6.45, 7) is 4.43. The fraction of sp³-hybridized carbons (Fsp3) is 0.565. The highest BCUT2D eigenvalue weighted by molar-refractivity contribution is 7.98. The van der Waals surface area contributed by atoms with E-state index < -0.39 is 11.7 Å². The van der Waals surface area contributed by atoms with E-state index in [1.54, 1.807) is 30.2 Å². The third-order valence-corrected chi connectivity index (χ3v) is 6.28. The van der Waals surface area contributed by atoms with Crippen LogP contribution in [0, 0.1) is 5.92 Å². The van der Waals surface area contributed by atoms with Crippen LogP contribution in [0.4, 0.5) is 24.8 Å². The zero-order valence-corrected chi connectivity index (χ0v) is 19.4. The molecule has 0 aliphatic heterocycles. The van der Waals surface area contributed by atoms with Crippen molar-refractivity contribution in [2.45, 2.75) is 45.3 Å². The van der Waals surface area contributed by atoms with Crippen molar-refractivity contribution in [3.8, 4) is 5.75 Å². The normalized spacial score (nSPS) is 14.5. The Labute approximate surface area is 192 Å². The number of hydrogen-bond acceptors (Lipinski definition) is 6. The topological polar surface area (TPSA) is 50.3 Å². The molecule has 2 aromatic rings. The van der Waals surface area contributed by atoms with Crippen molar-refractivity contribution in [1.29, 1.82) is 0 Å². The molecule has 3 rings (SSSR count). The molecular weight excluding hydrogens is 437 g/mol. The molecule has 1 aliphatic rings. The van der Waals surface area contributed by atoms with Gasteiger partial charge in [0.1, 0.15) is 0 Å². The van der Waals surface area contributed by atoms with Crippen molar-refractivity contribution < 1.29 is 17.9 Å². The first kappa shape index (κ1) is 24.5. The number of ether oxygens (including phenoxy) is 1. The summed E-state index contributed by atoms with van der Waals surface area (Å²) in [4.78, 5) is 10.7. The molecule has 0 saturated heterocycles. The fourth-order valence-corrected chi connectivity index (χ4v) is 4.26. The van der Waals surface area contributed by atoms with E-state index >= 15 is 0 Å². The summed E-state index contributed by atoms with van der Waals surface area (Å²) >= 11 is 1.69. The molecule has 1 aromatic heterocycles. The van der Waals surface area contributed by atoms with Crippen molar-refractivity contribution in [3.63, 3.8) is 0 Å². The number of rotatable bonds is 11. The summed E-state index contributed by atoms with van der Waals surface area (Å²) in [6, 6.07) is 4.01. The maximum Gasteiger partial charge on any atom is 0.416 e. The highest BCUT2D eigenvalue weighted by Gasteiger charge is 2.31. The van der Waals surface area contributed by atoms with Gasteiger partial charge in [-0.3, -0.25) is 0 Å². The lowest BCUT2D eigenvalue weighted by Crippen LogP contribution is -2.29. The van der Waals surface area contributed by atoms with Crippen molar-refractivity contribution in [2.75, 3.05) is 41.9 Å². The second-order valence-electron chi connectivity index (χ2n) is 7.97. The maximum atomic E-state index is 13.4. The van der Waals surface area contributed by atoms with Crippen molar-refractivity contribution >= 4 is 23.4 Å². The summed E-state index contributed by atoms with van der Waals surface area (Å²) in [5.74, 6) is 2.38. The molecule has 1 saturated carbocycles. The Morgan fingerprint density at radius 1 is 1.19 bits per heavy atom. The summed E-state index contributed by atoms with van der Waals surface area (Å²) in [5, 5.41) is 3.07. The van der Waals surface area contributed by atoms with Crippen LogP contribution < -0.4 is 15.0 Å². The molecule has 0 radical (unpaired) electrons. The van der Waals surface area contributed by atoms with Gasteiger partial charge in [0, 0.05) is 31.1 Å². The van der Waals surface area contributed by atoms with Gasteiger partial charge < -0.3 is 15.0 Å². The monoisotopic (exact) mass is 468 g/mol. The molecule has 1 N–H and O–H groups in total. The van der Waals surface area contributed by atoms with Gasteiger partial charge in [-0.05, 0) is 55.7 Å². The van der Waals surface area contributed by atoms with Gasteiger partial charge in [0.15, 0.2) is 5.75 Å². The Bertz CT molecular complexity index is 842. The Balaban J connectivity index is 1.75. The lowest BCUT2D eigenvalue weighted by atomic mass is 10.0. The van der Waals surface area contributed by atoms with E-state index in [9.17, 15) is 13.2 Å². The minimum atomic E-state index is -4.39. The Morgan fingerprint density at radius 2 is 1.91 bits per heavy atom. The number of benzene rings is 1. The summed E-state index contributed by atoms with van der Waals surface area (Å²) in [7, 11) is 0. The van der Waals surface area contributed by atoms with Gasteiger partial charge in [-0.25, -0.2) is 9.97 Å². The van der Waals surface area contributed by atoms with Gasteiger partial charge >= 0.3 is 6.18 Å². The predicted octanol–water partition coefficient (Wildman–Crippen LogP) is 5.87. The smallest absolute Gasteiger partial charge is 0.416 e. The first-order valence-electron chi connectivity index (χ1n) is 11.0. The van der Waals surface area contributed by atoms with Crippen LogP contribution in [0.3, 0.4) is 0 Å². The Hall–Kier alpha value is -2.16. The number of hydrogen-bond donors (Lipinski definition) is 1. The fourth-order valence-electron chi connectivity index (χ4n) is 4.01. The average molecular weight is 469 g/mol. The first-order valence-corrected chi connectivity index (χ1v) is 12.4. The van der Waals surface area contributed by atoms with Crippen molar-refractivity contribution in [3.05, 3.63) is 41.7 Å². The number of alkyl halides is 3. The number of thioether (sulfide) groups is 1. The van der Waals surface area contributed by atoms with E-state index in [4.69, 9.17) is 4.74 Å². The third-order valence-electron chi connectivity index (χ3n) is 5.70. The summed E-state index contributed by atoms with van der Waals surface area (Å²) in [5.41, 5.74) is 0.772. The van der Waals surface area contributed by atoms with Crippen LogP contribution in [0.5, 0.6) is 5.75 Å². The molecule has 9 heteroatoms. The van der Waals surface area contributed by atoms with Gasteiger partial charge in [0.05, 0.1) is 24.6 Å². The van der Waals surface area contributed by atoms with Crippen LogP contribution in [-0.4, -0.2) is 41.7 Å². The number of halogens is 3. The minimum absolute atomic E-state index is 0.201. The molecule has 1 aliphatic carbocycles. The van der Waals surface area contributed by atoms with E-state index in [0.717, 1.165) is 24.5 Å². The predicted molar refractivity (Wildman–Crippen MR) is 125 cm³/mol. The van der Waals surface area contributed by atoms with Crippen molar-refractivity contribution in [2.24, 2.45) is 5.92 Å². The Kier molecular flexibility index (Phi) is 8.90. The molecule has 1 fully saturated rings. The van der Waals surface area contributed by atoms with Crippen LogP contribution in [0.1, 0.15) is 43.7 Å². The first-order chi connectivity index (χ1) is 15.4.